The van der Waals surface area contributed by atoms with Crippen LogP contribution in [0.3, 0.4) is 0 Å². The summed E-state index contributed by atoms with van der Waals surface area (Å²) in [5, 5.41) is 0. The summed E-state index contributed by atoms with van der Waals surface area (Å²) in [4.78, 5) is 31.6. The number of rotatable bonds is 3. The van der Waals surface area contributed by atoms with E-state index in [0.29, 0.717) is 26.2 Å². The molecule has 0 aliphatic carbocycles. The van der Waals surface area contributed by atoms with Crippen LogP contribution in [0.5, 0.6) is 0 Å². The first-order chi connectivity index (χ1) is 13.2. The number of piperidine rings is 1. The van der Waals surface area contributed by atoms with Gasteiger partial charge in [-0.25, -0.2) is 9.37 Å². The standard InChI is InChI=1S/C19H23FN6O/c20-16-12-15(13-21-14-16)18(27)25-10-8-24(9-11-25)17-4-5-22-19(23-17)26-6-2-1-3-7-26/h4-5,12-14H,1-3,6-11H2. The number of hydrogen-bond donors (Lipinski definition) is 0. The van der Waals surface area contributed by atoms with Gasteiger partial charge in [-0.1, -0.05) is 0 Å². The fraction of sp³-hybridized carbons (Fsp3) is 0.474. The summed E-state index contributed by atoms with van der Waals surface area (Å²) < 4.78 is 13.3. The summed E-state index contributed by atoms with van der Waals surface area (Å²) in [7, 11) is 0. The molecule has 0 radical (unpaired) electrons. The molecular weight excluding hydrogens is 347 g/mol. The zero-order valence-corrected chi connectivity index (χ0v) is 15.2. The Kier molecular flexibility index (Phi) is 5.13. The lowest BCUT2D eigenvalue weighted by Crippen LogP contribution is -2.49. The summed E-state index contributed by atoms with van der Waals surface area (Å²) in [6.07, 6.45) is 7.96. The molecule has 7 nitrogen and oxygen atoms in total. The minimum Gasteiger partial charge on any atom is -0.353 e. The van der Waals surface area contributed by atoms with Crippen LogP contribution in [0.2, 0.25) is 0 Å². The molecule has 0 atom stereocenters. The SMILES string of the molecule is O=C(c1cncc(F)c1)N1CCN(c2ccnc(N3CCCCC3)n2)CC1. The van der Waals surface area contributed by atoms with E-state index >= 15 is 0 Å². The van der Waals surface area contributed by atoms with E-state index < -0.39 is 5.82 Å². The molecule has 0 N–H and O–H groups in total. The minimum atomic E-state index is -0.495. The lowest BCUT2D eigenvalue weighted by Gasteiger charge is -2.36. The summed E-state index contributed by atoms with van der Waals surface area (Å²) in [6, 6.07) is 3.15. The van der Waals surface area contributed by atoms with E-state index in [9.17, 15) is 9.18 Å². The number of amides is 1. The number of halogens is 1. The Morgan fingerprint density at radius 1 is 0.963 bits per heavy atom. The monoisotopic (exact) mass is 370 g/mol. The van der Waals surface area contributed by atoms with E-state index in [2.05, 4.69) is 19.8 Å². The van der Waals surface area contributed by atoms with Crippen molar-refractivity contribution in [3.8, 4) is 0 Å². The van der Waals surface area contributed by atoms with Gasteiger partial charge in [0.05, 0.1) is 11.8 Å². The molecule has 2 saturated heterocycles. The van der Waals surface area contributed by atoms with Gasteiger partial charge in [0, 0.05) is 51.7 Å². The molecule has 1 amide bonds. The molecule has 2 aromatic rings. The quantitative estimate of drug-likeness (QED) is 0.823. The molecule has 2 fully saturated rings. The van der Waals surface area contributed by atoms with Crippen LogP contribution in [-0.2, 0) is 0 Å². The molecule has 0 aromatic carbocycles. The second-order valence-corrected chi connectivity index (χ2v) is 6.93. The number of piperazine rings is 1. The van der Waals surface area contributed by atoms with Crippen molar-refractivity contribution in [1.82, 2.24) is 19.9 Å². The van der Waals surface area contributed by atoms with Crippen molar-refractivity contribution in [2.24, 2.45) is 0 Å². The van der Waals surface area contributed by atoms with Crippen molar-refractivity contribution in [2.45, 2.75) is 19.3 Å². The third kappa shape index (κ3) is 3.99. The predicted octanol–water partition coefficient (Wildman–Crippen LogP) is 1.96. The molecule has 142 valence electrons. The molecule has 4 heterocycles. The predicted molar refractivity (Wildman–Crippen MR) is 100 cm³/mol. The smallest absolute Gasteiger partial charge is 0.255 e. The largest absolute Gasteiger partial charge is 0.353 e. The number of aromatic nitrogens is 3. The highest BCUT2D eigenvalue weighted by atomic mass is 19.1. The van der Waals surface area contributed by atoms with Crippen molar-refractivity contribution in [3.63, 3.8) is 0 Å². The highest BCUT2D eigenvalue weighted by Crippen LogP contribution is 2.20. The Bertz CT molecular complexity index is 802. The van der Waals surface area contributed by atoms with Gasteiger partial charge in [0.25, 0.3) is 5.91 Å². The summed E-state index contributed by atoms with van der Waals surface area (Å²) in [5.74, 6) is 1.01. The lowest BCUT2D eigenvalue weighted by molar-refractivity contribution is 0.0745. The van der Waals surface area contributed by atoms with Crippen LogP contribution in [0.15, 0.2) is 30.7 Å². The molecule has 2 aromatic heterocycles. The Morgan fingerprint density at radius 2 is 1.74 bits per heavy atom. The molecular formula is C19H23FN6O. The Labute approximate surface area is 157 Å². The van der Waals surface area contributed by atoms with Crippen LogP contribution in [0, 0.1) is 5.82 Å². The molecule has 2 aliphatic rings. The van der Waals surface area contributed by atoms with Gasteiger partial charge in [0.2, 0.25) is 5.95 Å². The highest BCUT2D eigenvalue weighted by molar-refractivity contribution is 5.94. The molecule has 2 aliphatic heterocycles. The summed E-state index contributed by atoms with van der Waals surface area (Å²) in [5.41, 5.74) is 0.290. The van der Waals surface area contributed by atoms with Crippen LogP contribution < -0.4 is 9.80 Å². The molecule has 4 rings (SSSR count). The number of carbonyl (C=O) groups is 1. The van der Waals surface area contributed by atoms with E-state index in [1.165, 1.54) is 31.5 Å². The fourth-order valence-corrected chi connectivity index (χ4v) is 3.61. The average Bonchev–Trinajstić information content (AvgIpc) is 2.74. The number of carbonyl (C=O) groups excluding carboxylic acids is 1. The van der Waals surface area contributed by atoms with Gasteiger partial charge < -0.3 is 14.7 Å². The maximum Gasteiger partial charge on any atom is 0.255 e. The van der Waals surface area contributed by atoms with Crippen molar-refractivity contribution < 1.29 is 9.18 Å². The van der Waals surface area contributed by atoms with Crippen LogP contribution in [0.25, 0.3) is 0 Å². The fourth-order valence-electron chi connectivity index (χ4n) is 3.61. The number of hydrogen-bond acceptors (Lipinski definition) is 6. The van der Waals surface area contributed by atoms with E-state index in [4.69, 9.17) is 4.98 Å². The van der Waals surface area contributed by atoms with Crippen molar-refractivity contribution >= 4 is 17.7 Å². The van der Waals surface area contributed by atoms with Gasteiger partial charge in [0.1, 0.15) is 11.6 Å². The normalized spacial score (nSPS) is 17.9. The maximum atomic E-state index is 13.3. The second kappa shape index (κ2) is 7.85. The third-order valence-corrected chi connectivity index (χ3v) is 5.11. The number of pyridine rings is 1. The average molecular weight is 370 g/mol. The van der Waals surface area contributed by atoms with E-state index in [0.717, 1.165) is 31.1 Å². The molecule has 0 spiro atoms. The molecule has 0 saturated carbocycles. The maximum absolute atomic E-state index is 13.3. The van der Waals surface area contributed by atoms with Gasteiger partial charge in [-0.05, 0) is 31.4 Å². The molecule has 8 heteroatoms. The first-order valence-corrected chi connectivity index (χ1v) is 9.43. The first kappa shape index (κ1) is 17.6. The van der Waals surface area contributed by atoms with Crippen LogP contribution >= 0.6 is 0 Å². The van der Waals surface area contributed by atoms with Gasteiger partial charge in [-0.15, -0.1) is 0 Å². The van der Waals surface area contributed by atoms with Crippen LogP contribution in [0.4, 0.5) is 16.2 Å². The van der Waals surface area contributed by atoms with Crippen molar-refractivity contribution in [2.75, 3.05) is 49.1 Å². The molecule has 0 unspecified atom stereocenters. The van der Waals surface area contributed by atoms with E-state index in [-0.39, 0.29) is 11.5 Å². The van der Waals surface area contributed by atoms with Gasteiger partial charge in [-0.2, -0.15) is 4.98 Å². The van der Waals surface area contributed by atoms with Crippen LogP contribution in [0.1, 0.15) is 29.6 Å². The Morgan fingerprint density at radius 3 is 2.48 bits per heavy atom. The first-order valence-electron chi connectivity index (χ1n) is 9.43. The van der Waals surface area contributed by atoms with Gasteiger partial charge in [0.15, 0.2) is 0 Å². The van der Waals surface area contributed by atoms with E-state index in [1.54, 1.807) is 4.90 Å². The van der Waals surface area contributed by atoms with Gasteiger partial charge in [-0.3, -0.25) is 9.78 Å². The van der Waals surface area contributed by atoms with Gasteiger partial charge >= 0.3 is 0 Å². The second-order valence-electron chi connectivity index (χ2n) is 6.93. The minimum absolute atomic E-state index is 0.182. The summed E-state index contributed by atoms with van der Waals surface area (Å²) >= 11 is 0. The Balaban J connectivity index is 1.40. The van der Waals surface area contributed by atoms with Crippen LogP contribution in [-0.4, -0.2) is 65.0 Å². The zero-order chi connectivity index (χ0) is 18.6. The molecule has 0 bridgehead atoms. The number of anilines is 2. The third-order valence-electron chi connectivity index (χ3n) is 5.11. The van der Waals surface area contributed by atoms with Crippen molar-refractivity contribution in [1.29, 1.82) is 0 Å². The number of nitrogens with zero attached hydrogens (tertiary/aromatic N) is 6. The summed E-state index contributed by atoms with van der Waals surface area (Å²) in [6.45, 7) is 4.52. The molecule has 27 heavy (non-hydrogen) atoms. The van der Waals surface area contributed by atoms with Crippen molar-refractivity contribution in [3.05, 3.63) is 42.1 Å². The Hall–Kier alpha value is -2.77. The topological polar surface area (TPSA) is 65.5 Å². The zero-order valence-electron chi connectivity index (χ0n) is 15.2. The highest BCUT2D eigenvalue weighted by Gasteiger charge is 2.24. The van der Waals surface area contributed by atoms with E-state index in [1.807, 2.05) is 12.3 Å². The lowest BCUT2D eigenvalue weighted by atomic mass is 10.1.